The molecule has 6 nitrogen and oxygen atoms in total. The van der Waals surface area contributed by atoms with Crippen molar-refractivity contribution in [2.24, 2.45) is 0 Å². The van der Waals surface area contributed by atoms with Crippen LogP contribution in [0, 0.1) is 6.92 Å². The van der Waals surface area contributed by atoms with E-state index in [1.807, 2.05) is 0 Å². The molecule has 1 aromatic carbocycles. The van der Waals surface area contributed by atoms with Crippen molar-refractivity contribution in [3.05, 3.63) is 23.8 Å². The van der Waals surface area contributed by atoms with E-state index in [0.29, 0.717) is 6.07 Å². The zero-order valence-corrected chi connectivity index (χ0v) is 9.21. The van der Waals surface area contributed by atoms with Gasteiger partial charge in [0.1, 0.15) is 0 Å². The van der Waals surface area contributed by atoms with Gasteiger partial charge in [0.25, 0.3) is 20.2 Å². The van der Waals surface area contributed by atoms with Crippen molar-refractivity contribution >= 4 is 20.2 Å². The fourth-order valence-electron chi connectivity index (χ4n) is 1.02. The molecule has 15 heavy (non-hydrogen) atoms. The second-order valence-corrected chi connectivity index (χ2v) is 5.69. The summed E-state index contributed by atoms with van der Waals surface area (Å²) in [6, 6.07) is 2.91. The summed E-state index contributed by atoms with van der Waals surface area (Å²) in [4.78, 5) is -1.13. The topological polar surface area (TPSA) is 109 Å². The lowest BCUT2D eigenvalue weighted by Gasteiger charge is -2.03. The average molecular weight is 252 g/mol. The molecule has 0 heterocycles. The minimum absolute atomic E-state index is 0.185. The van der Waals surface area contributed by atoms with Gasteiger partial charge in [0.05, 0.1) is 9.79 Å². The van der Waals surface area contributed by atoms with Crippen molar-refractivity contribution in [2.45, 2.75) is 16.7 Å². The van der Waals surface area contributed by atoms with Gasteiger partial charge >= 0.3 is 0 Å². The van der Waals surface area contributed by atoms with E-state index in [2.05, 4.69) is 0 Å². The predicted octanol–water partition coefficient (Wildman–Crippen LogP) is 0.488. The Bertz CT molecular complexity index is 584. The predicted molar refractivity (Wildman–Crippen MR) is 50.8 cm³/mol. The van der Waals surface area contributed by atoms with Crippen LogP contribution in [0.5, 0.6) is 0 Å². The minimum Gasteiger partial charge on any atom is -0.282 e. The van der Waals surface area contributed by atoms with Crippen LogP contribution in [0.25, 0.3) is 0 Å². The zero-order chi connectivity index (χ0) is 11.9. The van der Waals surface area contributed by atoms with Crippen molar-refractivity contribution in [1.82, 2.24) is 0 Å². The highest BCUT2D eigenvalue weighted by Crippen LogP contribution is 2.19. The van der Waals surface area contributed by atoms with Crippen molar-refractivity contribution < 1.29 is 25.9 Å². The summed E-state index contributed by atoms with van der Waals surface area (Å²) in [6.45, 7) is 1.39. The molecule has 1 rings (SSSR count). The van der Waals surface area contributed by atoms with Gasteiger partial charge in [-0.3, -0.25) is 9.11 Å². The van der Waals surface area contributed by atoms with Crippen LogP contribution < -0.4 is 0 Å². The summed E-state index contributed by atoms with van der Waals surface area (Å²) < 4.78 is 60.5. The molecule has 1 aromatic rings. The molecule has 0 atom stereocenters. The monoisotopic (exact) mass is 252 g/mol. The fraction of sp³-hybridized carbons (Fsp3) is 0.143. The van der Waals surface area contributed by atoms with Crippen molar-refractivity contribution in [1.29, 1.82) is 0 Å². The third-order valence-electron chi connectivity index (χ3n) is 1.74. The molecule has 84 valence electrons. The molecule has 0 saturated heterocycles. The van der Waals surface area contributed by atoms with Crippen LogP contribution in [0.1, 0.15) is 5.56 Å². The molecule has 0 aliphatic heterocycles. The lowest BCUT2D eigenvalue weighted by molar-refractivity contribution is 0.480. The highest BCUT2D eigenvalue weighted by atomic mass is 32.2. The van der Waals surface area contributed by atoms with Crippen LogP contribution in [0.15, 0.2) is 28.0 Å². The van der Waals surface area contributed by atoms with Crippen molar-refractivity contribution in [2.75, 3.05) is 0 Å². The van der Waals surface area contributed by atoms with Gasteiger partial charge in [-0.05, 0) is 24.6 Å². The lowest BCUT2D eigenvalue weighted by atomic mass is 10.2. The van der Waals surface area contributed by atoms with Gasteiger partial charge < -0.3 is 0 Å². The van der Waals surface area contributed by atoms with Gasteiger partial charge in [-0.1, -0.05) is 6.07 Å². The van der Waals surface area contributed by atoms with Crippen molar-refractivity contribution in [3.63, 3.8) is 0 Å². The number of rotatable bonds is 2. The highest BCUT2D eigenvalue weighted by Gasteiger charge is 2.18. The van der Waals surface area contributed by atoms with Crippen LogP contribution in [-0.4, -0.2) is 25.9 Å². The molecule has 0 aliphatic carbocycles. The van der Waals surface area contributed by atoms with Crippen molar-refractivity contribution in [3.8, 4) is 0 Å². The van der Waals surface area contributed by atoms with Crippen LogP contribution >= 0.6 is 0 Å². The molecule has 2 N–H and O–H groups in total. The molecule has 0 radical (unpaired) electrons. The molecule has 0 fully saturated rings. The molecule has 0 amide bonds. The highest BCUT2D eigenvalue weighted by molar-refractivity contribution is 7.86. The fourth-order valence-corrected chi connectivity index (χ4v) is 2.35. The molecular weight excluding hydrogens is 244 g/mol. The maximum absolute atomic E-state index is 10.8. The summed E-state index contributed by atoms with van der Waals surface area (Å²) in [5.74, 6) is 0. The van der Waals surface area contributed by atoms with E-state index in [4.69, 9.17) is 9.11 Å². The first-order chi connectivity index (χ1) is 6.62. The van der Waals surface area contributed by atoms with Gasteiger partial charge in [-0.2, -0.15) is 16.8 Å². The summed E-state index contributed by atoms with van der Waals surface area (Å²) >= 11 is 0. The standard InChI is InChI=1S/C7H8O6S2/c1-5-2-3-6(14(8,9)10)4-7(5)15(11,12)13/h2-4H,1H3,(H,8,9,10)(H,11,12,13). The maximum atomic E-state index is 10.8. The first kappa shape index (κ1) is 12.1. The SMILES string of the molecule is Cc1ccc(S(=O)(=O)O)cc1S(=O)(=O)O. The molecule has 0 spiro atoms. The summed E-state index contributed by atoms with van der Waals surface area (Å²) in [6.07, 6.45) is 0. The Hall–Kier alpha value is -0.960. The number of aryl methyl sites for hydroxylation is 1. The largest absolute Gasteiger partial charge is 0.294 e. The van der Waals surface area contributed by atoms with E-state index >= 15 is 0 Å². The van der Waals surface area contributed by atoms with E-state index in [-0.39, 0.29) is 5.56 Å². The maximum Gasteiger partial charge on any atom is 0.294 e. The van der Waals surface area contributed by atoms with Gasteiger partial charge in [0, 0.05) is 0 Å². The molecular formula is C7H8O6S2. The van der Waals surface area contributed by atoms with E-state index < -0.39 is 30.0 Å². The second kappa shape index (κ2) is 3.56. The Morgan fingerprint density at radius 3 is 1.93 bits per heavy atom. The first-order valence-corrected chi connectivity index (χ1v) is 6.56. The number of benzene rings is 1. The van der Waals surface area contributed by atoms with Crippen LogP contribution in [-0.2, 0) is 20.2 Å². The Kier molecular flexibility index (Phi) is 2.88. The lowest BCUT2D eigenvalue weighted by Crippen LogP contribution is -2.04. The molecule has 8 heteroatoms. The third kappa shape index (κ3) is 2.75. The van der Waals surface area contributed by atoms with Gasteiger partial charge in [-0.25, -0.2) is 0 Å². The van der Waals surface area contributed by atoms with E-state index in [1.54, 1.807) is 0 Å². The Morgan fingerprint density at radius 2 is 1.53 bits per heavy atom. The zero-order valence-electron chi connectivity index (χ0n) is 7.58. The molecule has 0 saturated carbocycles. The summed E-state index contributed by atoms with van der Waals surface area (Å²) in [5.41, 5.74) is 0.185. The first-order valence-electron chi connectivity index (χ1n) is 3.68. The van der Waals surface area contributed by atoms with E-state index in [9.17, 15) is 16.8 Å². The Morgan fingerprint density at radius 1 is 1.00 bits per heavy atom. The van der Waals surface area contributed by atoms with Gasteiger partial charge in [0.2, 0.25) is 0 Å². The normalized spacial score (nSPS) is 12.7. The van der Waals surface area contributed by atoms with E-state index in [0.717, 1.165) is 6.07 Å². The molecule has 0 unspecified atom stereocenters. The Labute approximate surface area is 87.1 Å². The molecule has 0 aliphatic rings. The van der Waals surface area contributed by atoms with Crippen LogP contribution in [0.3, 0.4) is 0 Å². The quantitative estimate of drug-likeness (QED) is 0.741. The minimum atomic E-state index is -4.49. The molecule has 0 aromatic heterocycles. The van der Waals surface area contributed by atoms with Crippen LogP contribution in [0.4, 0.5) is 0 Å². The summed E-state index contributed by atoms with van der Waals surface area (Å²) in [5, 5.41) is 0. The smallest absolute Gasteiger partial charge is 0.282 e. The third-order valence-corrected chi connectivity index (χ3v) is 3.58. The summed E-state index contributed by atoms with van der Waals surface area (Å²) in [7, 11) is -8.97. The van der Waals surface area contributed by atoms with Gasteiger partial charge in [-0.15, -0.1) is 0 Å². The number of hydrogen-bond acceptors (Lipinski definition) is 4. The molecule has 0 bridgehead atoms. The van der Waals surface area contributed by atoms with Crippen LogP contribution in [0.2, 0.25) is 0 Å². The second-order valence-electron chi connectivity index (χ2n) is 2.88. The number of hydrogen-bond donors (Lipinski definition) is 2. The Balaban J connectivity index is 3.57. The van der Waals surface area contributed by atoms with Gasteiger partial charge in [0.15, 0.2) is 0 Å². The van der Waals surface area contributed by atoms with E-state index in [1.165, 1.54) is 13.0 Å². The average Bonchev–Trinajstić information content (AvgIpc) is 2.00.